The lowest BCUT2D eigenvalue weighted by Gasteiger charge is -2.06. The van der Waals surface area contributed by atoms with Crippen molar-refractivity contribution >= 4 is 35.0 Å². The highest BCUT2D eigenvalue weighted by molar-refractivity contribution is 8.18. The largest absolute Gasteiger partial charge is 0.496 e. The highest BCUT2D eigenvalue weighted by Crippen LogP contribution is 2.23. The van der Waals surface area contributed by atoms with Crippen LogP contribution in [-0.2, 0) is 20.9 Å². The number of hydrogen-bond acceptors (Lipinski definition) is 8. The fourth-order valence-electron chi connectivity index (χ4n) is 1.83. The molecular formula is C15H16N4O4S. The summed E-state index contributed by atoms with van der Waals surface area (Å²) >= 11 is 1.01. The molecule has 0 aromatic heterocycles. The molecule has 3 N–H and O–H groups in total. The minimum atomic E-state index is -0.607. The summed E-state index contributed by atoms with van der Waals surface area (Å²) in [5.41, 5.74) is 7.30. The quantitative estimate of drug-likeness (QED) is 0.351. The molecule has 2 rings (SSSR count). The number of benzene rings is 1. The normalized spacial score (nSPS) is 17.5. The Kier molecular flexibility index (Phi) is 6.10. The van der Waals surface area contributed by atoms with Gasteiger partial charge in [-0.05, 0) is 35.5 Å². The number of carbonyl (C=O) groups is 2. The molecule has 0 radical (unpaired) electrons. The number of rotatable bonds is 5. The standard InChI is InChI=1S/C15H16N4O4S/c1-22-11-4-3-9(5-10(11)7-16)8-17-19-15-18-14(21)12(24-15)6-13(20)23-2/h3-6,8H,7,16H2,1-2H3,(H,18,19,21)/b12-6+,17-8?. The lowest BCUT2D eigenvalue weighted by molar-refractivity contribution is -0.135. The summed E-state index contributed by atoms with van der Waals surface area (Å²) in [6, 6.07) is 5.44. The van der Waals surface area contributed by atoms with Gasteiger partial charge in [-0.25, -0.2) is 4.79 Å². The molecule has 0 atom stereocenters. The van der Waals surface area contributed by atoms with E-state index in [2.05, 4.69) is 20.3 Å². The van der Waals surface area contributed by atoms with Crippen molar-refractivity contribution < 1.29 is 19.1 Å². The third-order valence-corrected chi connectivity index (χ3v) is 3.88. The van der Waals surface area contributed by atoms with E-state index >= 15 is 0 Å². The zero-order valence-electron chi connectivity index (χ0n) is 13.1. The molecular weight excluding hydrogens is 332 g/mol. The maximum absolute atomic E-state index is 11.7. The third kappa shape index (κ3) is 4.43. The lowest BCUT2D eigenvalue weighted by atomic mass is 10.1. The number of amidine groups is 1. The first kappa shape index (κ1) is 17.7. The highest BCUT2D eigenvalue weighted by atomic mass is 32.2. The molecule has 0 unspecified atom stereocenters. The minimum absolute atomic E-state index is 0.200. The number of nitrogens with two attached hydrogens (primary N) is 1. The van der Waals surface area contributed by atoms with Crippen LogP contribution in [0.4, 0.5) is 0 Å². The molecule has 0 saturated carbocycles. The van der Waals surface area contributed by atoms with Gasteiger partial charge in [-0.2, -0.15) is 5.10 Å². The smallest absolute Gasteiger partial charge is 0.331 e. The summed E-state index contributed by atoms with van der Waals surface area (Å²) in [5.74, 6) is -0.323. The molecule has 24 heavy (non-hydrogen) atoms. The molecule has 1 amide bonds. The molecule has 0 aliphatic carbocycles. The number of nitrogens with zero attached hydrogens (tertiary/aromatic N) is 2. The summed E-state index contributed by atoms with van der Waals surface area (Å²) in [5, 5.41) is 10.6. The van der Waals surface area contributed by atoms with Crippen LogP contribution < -0.4 is 15.8 Å². The number of thioether (sulfide) groups is 1. The van der Waals surface area contributed by atoms with E-state index in [1.165, 1.54) is 13.3 Å². The van der Waals surface area contributed by atoms with E-state index in [0.717, 1.165) is 29.0 Å². The van der Waals surface area contributed by atoms with Gasteiger partial charge < -0.3 is 15.2 Å². The molecule has 0 spiro atoms. The molecule has 1 aliphatic rings. The van der Waals surface area contributed by atoms with Crippen LogP contribution in [0.25, 0.3) is 0 Å². The van der Waals surface area contributed by atoms with Crippen molar-refractivity contribution in [3.05, 3.63) is 40.3 Å². The van der Waals surface area contributed by atoms with Crippen LogP contribution >= 0.6 is 11.8 Å². The second-order valence-electron chi connectivity index (χ2n) is 4.51. The monoisotopic (exact) mass is 348 g/mol. The van der Waals surface area contributed by atoms with Gasteiger partial charge in [0.2, 0.25) is 0 Å². The van der Waals surface area contributed by atoms with E-state index < -0.39 is 11.9 Å². The van der Waals surface area contributed by atoms with Crippen molar-refractivity contribution in [3.8, 4) is 5.75 Å². The average molecular weight is 348 g/mol. The van der Waals surface area contributed by atoms with Gasteiger partial charge in [-0.15, -0.1) is 5.10 Å². The molecule has 1 aromatic rings. The van der Waals surface area contributed by atoms with E-state index in [9.17, 15) is 9.59 Å². The fraction of sp³-hybridized carbons (Fsp3) is 0.200. The first-order valence-corrected chi connectivity index (χ1v) is 7.66. The van der Waals surface area contributed by atoms with Crippen molar-refractivity contribution in [1.82, 2.24) is 5.32 Å². The fourth-order valence-corrected chi connectivity index (χ4v) is 2.57. The predicted molar refractivity (Wildman–Crippen MR) is 91.7 cm³/mol. The molecule has 126 valence electrons. The van der Waals surface area contributed by atoms with Crippen molar-refractivity contribution in [2.75, 3.05) is 14.2 Å². The molecule has 9 heteroatoms. The third-order valence-electron chi connectivity index (χ3n) is 2.98. The Hall–Kier alpha value is -2.65. The first-order chi connectivity index (χ1) is 11.6. The van der Waals surface area contributed by atoms with Gasteiger partial charge in [0.25, 0.3) is 5.91 Å². The van der Waals surface area contributed by atoms with Gasteiger partial charge in [0.05, 0.1) is 25.3 Å². The van der Waals surface area contributed by atoms with E-state index in [1.807, 2.05) is 12.1 Å². The Morgan fingerprint density at radius 2 is 2.21 bits per heavy atom. The van der Waals surface area contributed by atoms with Gasteiger partial charge in [-0.3, -0.25) is 10.1 Å². The summed E-state index contributed by atoms with van der Waals surface area (Å²) in [6.45, 7) is 0.340. The Balaban J connectivity index is 2.08. The highest BCUT2D eigenvalue weighted by Gasteiger charge is 2.24. The van der Waals surface area contributed by atoms with Crippen molar-refractivity contribution in [2.45, 2.75) is 6.54 Å². The van der Waals surface area contributed by atoms with Crippen LogP contribution in [0.15, 0.2) is 39.4 Å². The molecule has 1 heterocycles. The van der Waals surface area contributed by atoms with Crippen molar-refractivity contribution in [3.63, 3.8) is 0 Å². The minimum Gasteiger partial charge on any atom is -0.496 e. The number of hydrogen-bond donors (Lipinski definition) is 2. The van der Waals surface area contributed by atoms with Crippen LogP contribution in [-0.4, -0.2) is 37.5 Å². The van der Waals surface area contributed by atoms with Gasteiger partial charge in [0.15, 0.2) is 5.17 Å². The second-order valence-corrected chi connectivity index (χ2v) is 5.54. The van der Waals surface area contributed by atoms with Gasteiger partial charge in [0, 0.05) is 18.2 Å². The van der Waals surface area contributed by atoms with Gasteiger partial charge >= 0.3 is 5.97 Å². The number of esters is 1. The number of nitrogens with one attached hydrogen (secondary N) is 1. The maximum Gasteiger partial charge on any atom is 0.331 e. The van der Waals surface area contributed by atoms with Gasteiger partial charge in [-0.1, -0.05) is 0 Å². The zero-order chi connectivity index (χ0) is 17.5. The summed E-state index contributed by atoms with van der Waals surface area (Å²) in [7, 11) is 2.81. The molecule has 1 saturated heterocycles. The predicted octanol–water partition coefficient (Wildman–Crippen LogP) is 0.764. The SMILES string of the molecule is COC(=O)/C=C1/S/C(=N\N=Cc2ccc(OC)c(CN)c2)NC1=O. The van der Waals surface area contributed by atoms with E-state index in [0.29, 0.717) is 12.3 Å². The molecule has 1 fully saturated rings. The van der Waals surface area contributed by atoms with Crippen molar-refractivity contribution in [2.24, 2.45) is 15.9 Å². The zero-order valence-corrected chi connectivity index (χ0v) is 13.9. The first-order valence-electron chi connectivity index (χ1n) is 6.84. The molecule has 1 aromatic carbocycles. The summed E-state index contributed by atoms with van der Waals surface area (Å²) in [6.07, 6.45) is 2.63. The topological polar surface area (TPSA) is 115 Å². The Morgan fingerprint density at radius 3 is 2.88 bits per heavy atom. The number of amides is 1. The van der Waals surface area contributed by atoms with E-state index in [1.54, 1.807) is 13.2 Å². The Morgan fingerprint density at radius 1 is 1.42 bits per heavy atom. The maximum atomic E-state index is 11.7. The van der Waals surface area contributed by atoms with E-state index in [4.69, 9.17) is 10.5 Å². The van der Waals surface area contributed by atoms with Crippen LogP contribution in [0.5, 0.6) is 5.75 Å². The Labute approximate surface area is 142 Å². The summed E-state index contributed by atoms with van der Waals surface area (Å²) in [4.78, 5) is 23.0. The summed E-state index contributed by atoms with van der Waals surface area (Å²) < 4.78 is 9.67. The lowest BCUT2D eigenvalue weighted by Crippen LogP contribution is -2.19. The number of ether oxygens (including phenoxy) is 2. The molecule has 8 nitrogen and oxygen atoms in total. The van der Waals surface area contributed by atoms with Crippen LogP contribution in [0.2, 0.25) is 0 Å². The second kappa shape index (κ2) is 8.27. The van der Waals surface area contributed by atoms with Gasteiger partial charge in [0.1, 0.15) is 5.75 Å². The van der Waals surface area contributed by atoms with Crippen LogP contribution in [0.1, 0.15) is 11.1 Å². The van der Waals surface area contributed by atoms with Crippen LogP contribution in [0.3, 0.4) is 0 Å². The van der Waals surface area contributed by atoms with Crippen LogP contribution in [0, 0.1) is 0 Å². The molecule has 0 bridgehead atoms. The molecule has 1 aliphatic heterocycles. The Bertz CT molecular complexity index is 743. The average Bonchev–Trinajstić information content (AvgIpc) is 2.94. The number of methoxy groups -OCH3 is 2. The number of carbonyl (C=O) groups excluding carboxylic acids is 2. The van der Waals surface area contributed by atoms with E-state index in [-0.39, 0.29) is 10.1 Å². The van der Waals surface area contributed by atoms with Crippen molar-refractivity contribution in [1.29, 1.82) is 0 Å².